The van der Waals surface area contributed by atoms with E-state index in [9.17, 15) is 16.8 Å². The Hall–Kier alpha value is -1.08. The molecular weight excluding hydrogens is 336 g/mol. The molecule has 0 amide bonds. The minimum atomic E-state index is -3.44. The van der Waals surface area contributed by atoms with Gasteiger partial charge >= 0.3 is 0 Å². The van der Waals surface area contributed by atoms with E-state index in [1.54, 1.807) is 52.0 Å². The molecule has 132 valence electrons. The number of methoxy groups -OCH3 is 1. The fraction of sp³-hybridized carbons (Fsp3) is 0.625. The lowest BCUT2D eigenvalue weighted by molar-refractivity contribution is 0.414. The zero-order chi connectivity index (χ0) is 17.9. The number of hydrogen-bond acceptors (Lipinski definition) is 5. The molecule has 0 aliphatic carbocycles. The van der Waals surface area contributed by atoms with Crippen molar-refractivity contribution in [2.75, 3.05) is 18.6 Å². The molecule has 0 heterocycles. The Bertz CT molecular complexity index is 716. The fourth-order valence-electron chi connectivity index (χ4n) is 2.44. The summed E-state index contributed by atoms with van der Waals surface area (Å²) in [5.74, 6) is 0.579. The van der Waals surface area contributed by atoms with Crippen molar-refractivity contribution in [1.29, 1.82) is 0 Å². The monoisotopic (exact) mass is 362 g/mol. The summed E-state index contributed by atoms with van der Waals surface area (Å²) >= 11 is 0. The van der Waals surface area contributed by atoms with Crippen LogP contribution in [0.25, 0.3) is 0 Å². The second kappa shape index (κ2) is 7.21. The Balaban J connectivity index is 3.32. The number of hydrogen-bond donors (Lipinski definition) is 0. The van der Waals surface area contributed by atoms with Gasteiger partial charge in [0, 0.05) is 11.5 Å². The second-order valence-electron chi connectivity index (χ2n) is 6.08. The maximum atomic E-state index is 12.5. The van der Waals surface area contributed by atoms with Gasteiger partial charge in [0.15, 0.2) is 19.7 Å². The third-order valence-electron chi connectivity index (χ3n) is 4.22. The van der Waals surface area contributed by atoms with Crippen LogP contribution in [0.1, 0.15) is 44.9 Å². The van der Waals surface area contributed by atoms with Gasteiger partial charge in [-0.1, -0.05) is 26.0 Å². The van der Waals surface area contributed by atoms with Gasteiger partial charge in [0.25, 0.3) is 0 Å². The Morgan fingerprint density at radius 3 is 1.91 bits per heavy atom. The predicted molar refractivity (Wildman–Crippen MR) is 93.4 cm³/mol. The summed E-state index contributed by atoms with van der Waals surface area (Å²) in [5.41, 5.74) is 0.590. The number of benzene rings is 1. The van der Waals surface area contributed by atoms with Gasteiger partial charge in [0.2, 0.25) is 0 Å². The lowest BCUT2D eigenvalue weighted by atomic mass is 10.0. The van der Waals surface area contributed by atoms with Gasteiger partial charge < -0.3 is 4.74 Å². The van der Waals surface area contributed by atoms with Crippen LogP contribution in [-0.2, 0) is 19.7 Å². The molecule has 7 heteroatoms. The van der Waals surface area contributed by atoms with Crippen LogP contribution >= 0.6 is 0 Å². The minimum Gasteiger partial charge on any atom is -0.497 e. The molecule has 1 rings (SSSR count). The molecule has 1 aromatic rings. The van der Waals surface area contributed by atoms with Gasteiger partial charge in [-0.25, -0.2) is 16.8 Å². The zero-order valence-corrected chi connectivity index (χ0v) is 16.0. The molecule has 0 saturated carbocycles. The van der Waals surface area contributed by atoms with Crippen molar-refractivity contribution in [1.82, 2.24) is 0 Å². The van der Waals surface area contributed by atoms with Crippen LogP contribution in [0.3, 0.4) is 0 Å². The molecule has 0 aliphatic rings. The summed E-state index contributed by atoms with van der Waals surface area (Å²) in [6, 6.07) is 6.75. The summed E-state index contributed by atoms with van der Waals surface area (Å²) in [7, 11) is -5.28. The molecule has 5 nitrogen and oxygen atoms in total. The van der Waals surface area contributed by atoms with E-state index in [2.05, 4.69) is 0 Å². The number of ether oxygens (including phenoxy) is 1. The molecule has 0 spiro atoms. The molecule has 0 aliphatic heterocycles. The molecule has 23 heavy (non-hydrogen) atoms. The van der Waals surface area contributed by atoms with Crippen LogP contribution in [0, 0.1) is 0 Å². The highest BCUT2D eigenvalue weighted by atomic mass is 32.2. The Morgan fingerprint density at radius 1 is 1.00 bits per heavy atom. The highest BCUT2D eigenvalue weighted by molar-refractivity contribution is 7.93. The molecule has 0 radical (unpaired) electrons. The van der Waals surface area contributed by atoms with Crippen LogP contribution in [0.5, 0.6) is 5.75 Å². The average Bonchev–Trinajstić information content (AvgIpc) is 2.52. The van der Waals surface area contributed by atoms with Crippen LogP contribution in [0.15, 0.2) is 24.3 Å². The lowest BCUT2D eigenvalue weighted by Gasteiger charge is -2.29. The van der Waals surface area contributed by atoms with Crippen LogP contribution < -0.4 is 4.74 Å². The van der Waals surface area contributed by atoms with Crippen molar-refractivity contribution >= 4 is 19.7 Å². The highest BCUT2D eigenvalue weighted by Crippen LogP contribution is 2.36. The maximum Gasteiger partial charge on any atom is 0.157 e. The summed E-state index contributed by atoms with van der Waals surface area (Å²) in [5, 5.41) is -0.852. The molecular formula is C16H26O5S2. The van der Waals surface area contributed by atoms with E-state index in [0.29, 0.717) is 11.3 Å². The van der Waals surface area contributed by atoms with E-state index in [0.717, 1.165) is 0 Å². The predicted octanol–water partition coefficient (Wildman–Crippen LogP) is 2.77. The van der Waals surface area contributed by atoms with E-state index in [1.165, 1.54) is 7.11 Å². The first-order valence-corrected chi connectivity index (χ1v) is 10.9. The molecule has 0 aromatic heterocycles. The van der Waals surface area contributed by atoms with Crippen molar-refractivity contribution in [3.63, 3.8) is 0 Å². The summed E-state index contributed by atoms with van der Waals surface area (Å²) in [6.45, 7) is 6.34. The molecule has 0 bridgehead atoms. The number of rotatable bonds is 8. The van der Waals surface area contributed by atoms with Gasteiger partial charge in [-0.3, -0.25) is 0 Å². The standard InChI is InChI=1S/C16H26O5S2/c1-6-22(17,18)15(12-16(3,4)23(19,20)7-2)13-8-10-14(21-5)11-9-13/h8-11,15H,6-7,12H2,1-5H3. The van der Waals surface area contributed by atoms with Gasteiger partial charge in [0.05, 0.1) is 17.1 Å². The third kappa shape index (κ3) is 4.47. The highest BCUT2D eigenvalue weighted by Gasteiger charge is 2.39. The summed E-state index contributed by atoms with van der Waals surface area (Å²) in [4.78, 5) is 0. The second-order valence-corrected chi connectivity index (χ2v) is 11.5. The van der Waals surface area contributed by atoms with Crippen molar-refractivity contribution in [2.24, 2.45) is 0 Å². The zero-order valence-electron chi connectivity index (χ0n) is 14.4. The first-order valence-electron chi connectivity index (χ1n) is 7.58. The summed E-state index contributed by atoms with van der Waals surface area (Å²) < 4.78 is 53.6. The van der Waals surface area contributed by atoms with Gasteiger partial charge in [-0.2, -0.15) is 0 Å². The first kappa shape index (κ1) is 20.0. The molecule has 0 fully saturated rings. The molecule has 0 saturated heterocycles. The van der Waals surface area contributed by atoms with Crippen molar-refractivity contribution < 1.29 is 21.6 Å². The summed E-state index contributed by atoms with van der Waals surface area (Å²) in [6.07, 6.45) is 0.0334. The van der Waals surface area contributed by atoms with E-state index in [4.69, 9.17) is 4.74 Å². The van der Waals surface area contributed by atoms with E-state index < -0.39 is 29.7 Å². The van der Waals surface area contributed by atoms with Gasteiger partial charge in [-0.15, -0.1) is 0 Å². The smallest absolute Gasteiger partial charge is 0.157 e. The van der Waals surface area contributed by atoms with Crippen molar-refractivity contribution in [3.8, 4) is 5.75 Å². The van der Waals surface area contributed by atoms with E-state index >= 15 is 0 Å². The largest absolute Gasteiger partial charge is 0.497 e. The Kier molecular flexibility index (Phi) is 6.26. The molecule has 0 N–H and O–H groups in total. The average molecular weight is 363 g/mol. The first-order chi connectivity index (χ1) is 10.5. The molecule has 1 aromatic carbocycles. The van der Waals surface area contributed by atoms with E-state index in [1.807, 2.05) is 0 Å². The Morgan fingerprint density at radius 2 is 1.52 bits per heavy atom. The third-order valence-corrected chi connectivity index (χ3v) is 8.94. The maximum absolute atomic E-state index is 12.5. The molecule has 1 unspecified atom stereocenters. The Labute approximate surface area is 139 Å². The van der Waals surface area contributed by atoms with Crippen LogP contribution in [-0.4, -0.2) is 40.2 Å². The topological polar surface area (TPSA) is 77.5 Å². The van der Waals surface area contributed by atoms with Crippen molar-refractivity contribution in [2.45, 2.75) is 44.1 Å². The fourth-order valence-corrected chi connectivity index (χ4v) is 5.39. The quantitative estimate of drug-likeness (QED) is 0.710. The van der Waals surface area contributed by atoms with Crippen molar-refractivity contribution in [3.05, 3.63) is 29.8 Å². The van der Waals surface area contributed by atoms with Gasteiger partial charge in [0.1, 0.15) is 5.75 Å². The number of sulfone groups is 2. The van der Waals surface area contributed by atoms with Crippen LogP contribution in [0.4, 0.5) is 0 Å². The van der Waals surface area contributed by atoms with Gasteiger partial charge in [-0.05, 0) is 38.0 Å². The van der Waals surface area contributed by atoms with Crippen LogP contribution in [0.2, 0.25) is 0 Å². The molecule has 1 atom stereocenters. The van der Waals surface area contributed by atoms with E-state index in [-0.39, 0.29) is 17.9 Å². The normalized spacial score (nSPS) is 14.5. The minimum absolute atomic E-state index is 0.0124. The SMILES string of the molecule is CCS(=O)(=O)C(CC(C)(C)S(=O)(=O)CC)c1ccc(OC)cc1. The lowest BCUT2D eigenvalue weighted by Crippen LogP contribution is -2.37.